The van der Waals surface area contributed by atoms with Crippen LogP contribution < -0.4 is 0 Å². The fourth-order valence-corrected chi connectivity index (χ4v) is 2.73. The number of carboxylic acid groups (broad SMARTS) is 1. The van der Waals surface area contributed by atoms with Gasteiger partial charge in [0.15, 0.2) is 0 Å². The number of fused-ring (bicyclic) bond motifs is 1. The van der Waals surface area contributed by atoms with Crippen molar-refractivity contribution in [2.45, 2.75) is 13.0 Å². The Hall–Kier alpha value is -2.33. The zero-order chi connectivity index (χ0) is 15.0. The van der Waals surface area contributed by atoms with Crippen molar-refractivity contribution in [1.29, 1.82) is 0 Å². The molecule has 2 aromatic carbocycles. The normalized spacial score (nSPS) is 12.5. The Labute approximate surface area is 126 Å². The second-order valence-electron chi connectivity index (χ2n) is 4.86. The van der Waals surface area contributed by atoms with E-state index in [0.717, 1.165) is 11.1 Å². The van der Waals surface area contributed by atoms with Gasteiger partial charge < -0.3 is 9.67 Å². The van der Waals surface area contributed by atoms with Gasteiger partial charge in [0, 0.05) is 5.02 Å². The summed E-state index contributed by atoms with van der Waals surface area (Å²) in [4.78, 5) is 15.3. The number of imidazole rings is 1. The van der Waals surface area contributed by atoms with Crippen LogP contribution in [-0.2, 0) is 0 Å². The van der Waals surface area contributed by atoms with E-state index in [-0.39, 0.29) is 11.6 Å². The van der Waals surface area contributed by atoms with E-state index < -0.39 is 5.97 Å². The lowest BCUT2D eigenvalue weighted by Gasteiger charge is -2.16. The van der Waals surface area contributed by atoms with Gasteiger partial charge in [-0.15, -0.1) is 0 Å². The number of benzene rings is 2. The minimum atomic E-state index is -0.953. The highest BCUT2D eigenvalue weighted by atomic mass is 35.5. The van der Waals surface area contributed by atoms with E-state index in [0.29, 0.717) is 10.5 Å². The zero-order valence-corrected chi connectivity index (χ0v) is 12.1. The summed E-state index contributed by atoms with van der Waals surface area (Å²) in [5.41, 5.74) is 2.78. The molecule has 0 spiro atoms. The third kappa shape index (κ3) is 2.38. The molecule has 3 rings (SSSR count). The fraction of sp³-hybridized carbons (Fsp3) is 0.125. The average molecular weight is 301 g/mol. The maximum absolute atomic E-state index is 11.0. The molecule has 0 radical (unpaired) electrons. The highest BCUT2D eigenvalue weighted by Crippen LogP contribution is 2.28. The molecule has 0 saturated heterocycles. The van der Waals surface area contributed by atoms with E-state index in [2.05, 4.69) is 4.98 Å². The largest absolute Gasteiger partial charge is 0.478 e. The molecule has 0 aliphatic rings. The van der Waals surface area contributed by atoms with Crippen molar-refractivity contribution in [1.82, 2.24) is 9.55 Å². The third-order valence-electron chi connectivity index (χ3n) is 3.59. The number of aromatic carboxylic acids is 1. The number of rotatable bonds is 3. The maximum atomic E-state index is 11.0. The highest BCUT2D eigenvalue weighted by molar-refractivity contribution is 6.31. The van der Waals surface area contributed by atoms with E-state index in [4.69, 9.17) is 16.7 Å². The molecule has 3 aromatic rings. The molecule has 0 fully saturated rings. The quantitative estimate of drug-likeness (QED) is 0.795. The van der Waals surface area contributed by atoms with Gasteiger partial charge in [-0.05, 0) is 36.8 Å². The summed E-state index contributed by atoms with van der Waals surface area (Å²) in [6.07, 6.45) is 1.71. The SMILES string of the molecule is CC(c1ccccc1Cl)n1cnc2cc(C(=O)O)ccc21. The molecule has 1 N–H and O–H groups in total. The van der Waals surface area contributed by atoms with Crippen LogP contribution in [0.25, 0.3) is 11.0 Å². The molecule has 0 amide bonds. The number of aromatic nitrogens is 2. The second-order valence-corrected chi connectivity index (χ2v) is 5.27. The van der Waals surface area contributed by atoms with Gasteiger partial charge >= 0.3 is 5.97 Å². The van der Waals surface area contributed by atoms with Gasteiger partial charge in [0.25, 0.3) is 0 Å². The summed E-state index contributed by atoms with van der Waals surface area (Å²) in [6.45, 7) is 2.04. The molecule has 1 heterocycles. The van der Waals surface area contributed by atoms with Crippen molar-refractivity contribution in [3.8, 4) is 0 Å². The van der Waals surface area contributed by atoms with Crippen LogP contribution in [0.2, 0.25) is 5.02 Å². The maximum Gasteiger partial charge on any atom is 0.335 e. The number of hydrogen-bond acceptors (Lipinski definition) is 2. The summed E-state index contributed by atoms with van der Waals surface area (Å²) in [5, 5.41) is 9.73. The fourth-order valence-electron chi connectivity index (χ4n) is 2.44. The van der Waals surface area contributed by atoms with Crippen LogP contribution in [0.4, 0.5) is 0 Å². The van der Waals surface area contributed by atoms with Crippen LogP contribution in [0.5, 0.6) is 0 Å². The molecule has 1 atom stereocenters. The van der Waals surface area contributed by atoms with Gasteiger partial charge in [0.2, 0.25) is 0 Å². The first-order valence-corrected chi connectivity index (χ1v) is 6.90. The molecule has 21 heavy (non-hydrogen) atoms. The van der Waals surface area contributed by atoms with Gasteiger partial charge in [-0.1, -0.05) is 29.8 Å². The lowest BCUT2D eigenvalue weighted by Crippen LogP contribution is -2.06. The first-order valence-electron chi connectivity index (χ1n) is 6.52. The van der Waals surface area contributed by atoms with Crippen molar-refractivity contribution in [3.05, 3.63) is 64.9 Å². The lowest BCUT2D eigenvalue weighted by atomic mass is 10.1. The number of hydrogen-bond donors (Lipinski definition) is 1. The topological polar surface area (TPSA) is 55.1 Å². The summed E-state index contributed by atoms with van der Waals surface area (Å²) in [7, 11) is 0. The molecule has 0 saturated carbocycles. The van der Waals surface area contributed by atoms with Gasteiger partial charge in [0.05, 0.1) is 29.0 Å². The minimum Gasteiger partial charge on any atom is -0.478 e. The molecule has 0 aliphatic carbocycles. The molecule has 1 unspecified atom stereocenters. The van der Waals surface area contributed by atoms with Crippen LogP contribution in [0, 0.1) is 0 Å². The molecule has 0 bridgehead atoms. The lowest BCUT2D eigenvalue weighted by molar-refractivity contribution is 0.0697. The number of nitrogens with zero attached hydrogens (tertiary/aromatic N) is 2. The Bertz CT molecular complexity index is 826. The average Bonchev–Trinajstić information content (AvgIpc) is 2.90. The van der Waals surface area contributed by atoms with Crippen LogP contribution in [-0.4, -0.2) is 20.6 Å². The predicted molar refractivity (Wildman–Crippen MR) is 82.0 cm³/mol. The monoisotopic (exact) mass is 300 g/mol. The molecule has 0 aliphatic heterocycles. The van der Waals surface area contributed by atoms with Crippen LogP contribution in [0.3, 0.4) is 0 Å². The molecule has 1 aromatic heterocycles. The summed E-state index contributed by atoms with van der Waals surface area (Å²) in [6, 6.07) is 12.6. The molecular formula is C16H13ClN2O2. The minimum absolute atomic E-state index is 0.0133. The van der Waals surface area contributed by atoms with E-state index >= 15 is 0 Å². The number of carbonyl (C=O) groups is 1. The first-order chi connectivity index (χ1) is 10.1. The van der Waals surface area contributed by atoms with Gasteiger partial charge in [0.1, 0.15) is 0 Å². The Kier molecular flexibility index (Phi) is 3.39. The Morgan fingerprint density at radius 1 is 1.29 bits per heavy atom. The van der Waals surface area contributed by atoms with Crippen LogP contribution in [0.1, 0.15) is 28.9 Å². The van der Waals surface area contributed by atoms with E-state index in [1.165, 1.54) is 0 Å². The van der Waals surface area contributed by atoms with Gasteiger partial charge in [-0.25, -0.2) is 9.78 Å². The number of halogens is 1. The standard InChI is InChI=1S/C16H13ClN2O2/c1-10(12-4-2-3-5-13(12)17)19-9-18-14-8-11(16(20)21)6-7-15(14)19/h2-10H,1H3,(H,20,21). The van der Waals surface area contributed by atoms with Crippen molar-refractivity contribution in [2.75, 3.05) is 0 Å². The van der Waals surface area contributed by atoms with Crippen molar-refractivity contribution in [3.63, 3.8) is 0 Å². The van der Waals surface area contributed by atoms with E-state index in [1.807, 2.05) is 35.8 Å². The predicted octanol–water partition coefficient (Wildman–Crippen LogP) is 4.00. The van der Waals surface area contributed by atoms with Crippen LogP contribution in [0.15, 0.2) is 48.8 Å². The smallest absolute Gasteiger partial charge is 0.335 e. The van der Waals surface area contributed by atoms with Gasteiger partial charge in [-0.3, -0.25) is 0 Å². The van der Waals surface area contributed by atoms with Crippen molar-refractivity contribution in [2.24, 2.45) is 0 Å². The van der Waals surface area contributed by atoms with Crippen molar-refractivity contribution < 1.29 is 9.90 Å². The van der Waals surface area contributed by atoms with Crippen LogP contribution >= 0.6 is 11.6 Å². The van der Waals surface area contributed by atoms with E-state index in [9.17, 15) is 4.79 Å². The number of carboxylic acids is 1. The first kappa shape index (κ1) is 13.6. The Balaban J connectivity index is 2.09. The molecule has 106 valence electrons. The zero-order valence-electron chi connectivity index (χ0n) is 11.3. The molecule has 5 heteroatoms. The second kappa shape index (κ2) is 5.22. The Morgan fingerprint density at radius 2 is 2.05 bits per heavy atom. The summed E-state index contributed by atoms with van der Waals surface area (Å²) >= 11 is 6.24. The third-order valence-corrected chi connectivity index (χ3v) is 3.94. The molecular weight excluding hydrogens is 288 g/mol. The Morgan fingerprint density at radius 3 is 2.76 bits per heavy atom. The highest BCUT2D eigenvalue weighted by Gasteiger charge is 2.15. The molecule has 4 nitrogen and oxygen atoms in total. The van der Waals surface area contributed by atoms with Crippen molar-refractivity contribution >= 4 is 28.6 Å². The summed E-state index contributed by atoms with van der Waals surface area (Å²) < 4.78 is 1.99. The van der Waals surface area contributed by atoms with Gasteiger partial charge in [-0.2, -0.15) is 0 Å². The van der Waals surface area contributed by atoms with E-state index in [1.54, 1.807) is 24.5 Å². The summed E-state index contributed by atoms with van der Waals surface area (Å²) in [5.74, 6) is -0.953.